The van der Waals surface area contributed by atoms with Crippen LogP contribution in [0.4, 0.5) is 0 Å². The Morgan fingerprint density at radius 3 is 2.26 bits per heavy atom. The van der Waals surface area contributed by atoms with Gasteiger partial charge in [-0.2, -0.15) is 0 Å². The molecule has 0 saturated carbocycles. The van der Waals surface area contributed by atoms with Crippen LogP contribution in [-0.2, 0) is 22.6 Å². The highest BCUT2D eigenvalue weighted by molar-refractivity contribution is 6.35. The molecule has 0 heterocycles. The SMILES string of the molecule is CCNC(=O)[C@H](C)N(Cc1ccc(Cl)cc1Cl)C(=O)Cc1ccc(Cl)cc1. The molecule has 0 saturated heterocycles. The van der Waals surface area contributed by atoms with Crippen LogP contribution in [0, 0.1) is 0 Å². The molecular formula is C20H21Cl3N2O2. The summed E-state index contributed by atoms with van der Waals surface area (Å²) >= 11 is 18.1. The largest absolute Gasteiger partial charge is 0.355 e. The Kier molecular flexibility index (Phi) is 7.96. The second-order valence-electron chi connectivity index (χ2n) is 6.13. The van der Waals surface area contributed by atoms with E-state index in [4.69, 9.17) is 34.8 Å². The summed E-state index contributed by atoms with van der Waals surface area (Å²) < 4.78 is 0. The average Bonchev–Trinajstić information content (AvgIpc) is 2.62. The first-order chi connectivity index (χ1) is 12.8. The second-order valence-corrected chi connectivity index (χ2v) is 7.41. The fourth-order valence-corrected chi connectivity index (χ4v) is 3.21. The fraction of sp³-hybridized carbons (Fsp3) is 0.300. The Morgan fingerprint density at radius 1 is 1.04 bits per heavy atom. The van der Waals surface area contributed by atoms with Crippen molar-refractivity contribution in [2.75, 3.05) is 6.54 Å². The third-order valence-electron chi connectivity index (χ3n) is 4.14. The Morgan fingerprint density at radius 2 is 1.67 bits per heavy atom. The Balaban J connectivity index is 2.26. The van der Waals surface area contributed by atoms with Gasteiger partial charge in [0, 0.05) is 28.2 Å². The lowest BCUT2D eigenvalue weighted by Crippen LogP contribution is -2.48. The van der Waals surface area contributed by atoms with Gasteiger partial charge < -0.3 is 10.2 Å². The molecule has 0 radical (unpaired) electrons. The van der Waals surface area contributed by atoms with E-state index in [1.54, 1.807) is 49.4 Å². The number of likely N-dealkylation sites (N-methyl/N-ethyl adjacent to an activating group) is 1. The molecule has 0 aromatic heterocycles. The van der Waals surface area contributed by atoms with Crippen molar-refractivity contribution in [2.24, 2.45) is 0 Å². The number of nitrogens with one attached hydrogen (secondary N) is 1. The van der Waals surface area contributed by atoms with E-state index in [1.807, 2.05) is 6.92 Å². The van der Waals surface area contributed by atoms with E-state index in [0.717, 1.165) is 11.1 Å². The maximum atomic E-state index is 13.0. The zero-order valence-electron chi connectivity index (χ0n) is 15.1. The summed E-state index contributed by atoms with van der Waals surface area (Å²) in [5.41, 5.74) is 1.54. The predicted molar refractivity (Wildman–Crippen MR) is 110 cm³/mol. The summed E-state index contributed by atoms with van der Waals surface area (Å²) in [5.74, 6) is -0.394. The molecular weight excluding hydrogens is 407 g/mol. The lowest BCUT2D eigenvalue weighted by molar-refractivity contribution is -0.140. The van der Waals surface area contributed by atoms with E-state index in [-0.39, 0.29) is 24.8 Å². The van der Waals surface area contributed by atoms with E-state index < -0.39 is 6.04 Å². The first-order valence-corrected chi connectivity index (χ1v) is 9.70. The number of hydrogen-bond donors (Lipinski definition) is 1. The van der Waals surface area contributed by atoms with Crippen molar-refractivity contribution in [3.05, 3.63) is 68.7 Å². The number of carbonyl (C=O) groups excluding carboxylic acids is 2. The molecule has 0 aliphatic heterocycles. The van der Waals surface area contributed by atoms with Crippen LogP contribution in [0.15, 0.2) is 42.5 Å². The molecule has 27 heavy (non-hydrogen) atoms. The minimum absolute atomic E-state index is 0.159. The summed E-state index contributed by atoms with van der Waals surface area (Å²) in [5, 5.41) is 4.33. The molecule has 2 amide bonds. The topological polar surface area (TPSA) is 49.4 Å². The van der Waals surface area contributed by atoms with E-state index in [2.05, 4.69) is 5.32 Å². The van der Waals surface area contributed by atoms with Crippen molar-refractivity contribution in [2.45, 2.75) is 32.9 Å². The van der Waals surface area contributed by atoms with Gasteiger partial charge in [0.25, 0.3) is 0 Å². The van der Waals surface area contributed by atoms with Gasteiger partial charge in [-0.25, -0.2) is 0 Å². The highest BCUT2D eigenvalue weighted by Crippen LogP contribution is 2.23. The minimum atomic E-state index is -0.642. The van der Waals surface area contributed by atoms with Gasteiger partial charge in [0.2, 0.25) is 11.8 Å². The number of rotatable bonds is 7. The van der Waals surface area contributed by atoms with Crippen LogP contribution < -0.4 is 5.32 Å². The van der Waals surface area contributed by atoms with Gasteiger partial charge in [-0.15, -0.1) is 0 Å². The minimum Gasteiger partial charge on any atom is -0.355 e. The highest BCUT2D eigenvalue weighted by atomic mass is 35.5. The molecule has 0 unspecified atom stereocenters. The van der Waals surface area contributed by atoms with E-state index in [9.17, 15) is 9.59 Å². The molecule has 2 aromatic carbocycles. The summed E-state index contributed by atoms with van der Waals surface area (Å²) in [4.78, 5) is 26.8. The maximum absolute atomic E-state index is 13.0. The van der Waals surface area contributed by atoms with Crippen LogP contribution in [-0.4, -0.2) is 29.3 Å². The molecule has 7 heteroatoms. The zero-order chi connectivity index (χ0) is 20.0. The monoisotopic (exact) mass is 426 g/mol. The van der Waals surface area contributed by atoms with Gasteiger partial charge >= 0.3 is 0 Å². The highest BCUT2D eigenvalue weighted by Gasteiger charge is 2.26. The van der Waals surface area contributed by atoms with Gasteiger partial charge in [0.1, 0.15) is 6.04 Å². The zero-order valence-corrected chi connectivity index (χ0v) is 17.4. The first-order valence-electron chi connectivity index (χ1n) is 8.57. The van der Waals surface area contributed by atoms with Crippen molar-refractivity contribution < 1.29 is 9.59 Å². The molecule has 0 spiro atoms. The molecule has 1 atom stereocenters. The average molecular weight is 428 g/mol. The molecule has 2 rings (SSSR count). The number of halogens is 3. The smallest absolute Gasteiger partial charge is 0.242 e. The van der Waals surface area contributed by atoms with Crippen LogP contribution in [0.25, 0.3) is 0 Å². The van der Waals surface area contributed by atoms with Gasteiger partial charge in [0.15, 0.2) is 0 Å². The van der Waals surface area contributed by atoms with Gasteiger partial charge in [-0.1, -0.05) is 53.0 Å². The molecule has 4 nitrogen and oxygen atoms in total. The summed E-state index contributed by atoms with van der Waals surface area (Å²) in [6.45, 7) is 4.24. The molecule has 144 valence electrons. The third kappa shape index (κ3) is 6.13. The van der Waals surface area contributed by atoms with Crippen molar-refractivity contribution in [3.63, 3.8) is 0 Å². The van der Waals surface area contributed by atoms with Crippen LogP contribution in [0.2, 0.25) is 15.1 Å². The number of hydrogen-bond acceptors (Lipinski definition) is 2. The molecule has 0 aliphatic rings. The quantitative estimate of drug-likeness (QED) is 0.693. The van der Waals surface area contributed by atoms with Crippen LogP contribution >= 0.6 is 34.8 Å². The molecule has 1 N–H and O–H groups in total. The Bertz CT molecular complexity index is 809. The maximum Gasteiger partial charge on any atom is 0.242 e. The molecule has 0 bridgehead atoms. The molecule has 2 aromatic rings. The number of benzene rings is 2. The predicted octanol–water partition coefficient (Wildman–Crippen LogP) is 4.74. The summed E-state index contributed by atoms with van der Waals surface area (Å²) in [6.07, 6.45) is 0.159. The van der Waals surface area contributed by atoms with E-state index in [1.165, 1.54) is 4.90 Å². The lowest BCUT2D eigenvalue weighted by atomic mass is 10.1. The lowest BCUT2D eigenvalue weighted by Gasteiger charge is -2.29. The van der Waals surface area contributed by atoms with Crippen molar-refractivity contribution in [3.8, 4) is 0 Å². The molecule has 0 fully saturated rings. The third-order valence-corrected chi connectivity index (χ3v) is 4.98. The van der Waals surface area contributed by atoms with Crippen molar-refractivity contribution >= 4 is 46.6 Å². The Labute approximate surface area is 174 Å². The number of carbonyl (C=O) groups is 2. The number of nitrogens with zero attached hydrogens (tertiary/aromatic N) is 1. The standard InChI is InChI=1S/C20H21Cl3N2O2/c1-3-24-20(27)13(2)25(12-15-6-9-17(22)11-18(15)23)19(26)10-14-4-7-16(21)8-5-14/h4-9,11,13H,3,10,12H2,1-2H3,(H,24,27)/t13-/m0/s1. The molecule has 0 aliphatic carbocycles. The first kappa shape index (κ1) is 21.5. The van der Waals surface area contributed by atoms with Crippen LogP contribution in [0.1, 0.15) is 25.0 Å². The van der Waals surface area contributed by atoms with E-state index >= 15 is 0 Å². The Hall–Kier alpha value is -1.75. The van der Waals surface area contributed by atoms with Crippen LogP contribution in [0.3, 0.4) is 0 Å². The van der Waals surface area contributed by atoms with Crippen molar-refractivity contribution in [1.82, 2.24) is 10.2 Å². The van der Waals surface area contributed by atoms with Crippen molar-refractivity contribution in [1.29, 1.82) is 0 Å². The van der Waals surface area contributed by atoms with Gasteiger partial charge in [-0.3, -0.25) is 9.59 Å². The summed E-state index contributed by atoms with van der Waals surface area (Å²) in [7, 11) is 0. The van der Waals surface area contributed by atoms with Crippen LogP contribution in [0.5, 0.6) is 0 Å². The summed E-state index contributed by atoms with van der Waals surface area (Å²) in [6, 6.07) is 11.5. The second kappa shape index (κ2) is 9.98. The van der Waals surface area contributed by atoms with Gasteiger partial charge in [-0.05, 0) is 49.2 Å². The fourth-order valence-electron chi connectivity index (χ4n) is 2.62. The van der Waals surface area contributed by atoms with E-state index in [0.29, 0.717) is 21.6 Å². The number of amides is 2. The van der Waals surface area contributed by atoms with Gasteiger partial charge in [0.05, 0.1) is 6.42 Å². The normalized spacial score (nSPS) is 11.7.